The first-order valence-corrected chi connectivity index (χ1v) is 7.02. The summed E-state index contributed by atoms with van der Waals surface area (Å²) in [4.78, 5) is 2.28. The average Bonchev–Trinajstić information content (AvgIpc) is 2.37. The summed E-state index contributed by atoms with van der Waals surface area (Å²) in [5.74, 6) is -0.843. The van der Waals surface area contributed by atoms with Crippen LogP contribution < -0.4 is 5.32 Å². The molecule has 1 heterocycles. The number of nitrogens with one attached hydrogen (secondary N) is 1. The number of rotatable bonds is 4. The smallest absolute Gasteiger partial charge is 0.131 e. The Morgan fingerprint density at radius 1 is 1.45 bits per heavy atom. The Bertz CT molecular complexity index is 455. The van der Waals surface area contributed by atoms with Crippen LogP contribution in [0.15, 0.2) is 18.2 Å². The number of nitrogens with zero attached hydrogens (tertiary/aromatic N) is 1. The molecule has 0 spiro atoms. The summed E-state index contributed by atoms with van der Waals surface area (Å²) >= 11 is 0. The van der Waals surface area contributed by atoms with E-state index in [4.69, 9.17) is 0 Å². The number of hydrogen-bond acceptors (Lipinski definition) is 3. The lowest BCUT2D eigenvalue weighted by molar-refractivity contribution is 0.135. The van der Waals surface area contributed by atoms with Crippen LogP contribution in [0.4, 0.5) is 8.78 Å². The fourth-order valence-electron chi connectivity index (χ4n) is 2.80. The largest absolute Gasteiger partial charge is 0.387 e. The van der Waals surface area contributed by atoms with Crippen molar-refractivity contribution in [3.63, 3.8) is 0 Å². The molecule has 3 atom stereocenters. The third-order valence-electron chi connectivity index (χ3n) is 4.00. The molecule has 2 N–H and O–H groups in total. The highest BCUT2D eigenvalue weighted by Gasteiger charge is 2.24. The van der Waals surface area contributed by atoms with Gasteiger partial charge >= 0.3 is 0 Å². The molecule has 1 saturated heterocycles. The van der Waals surface area contributed by atoms with Gasteiger partial charge in [-0.25, -0.2) is 8.78 Å². The Kier molecular flexibility index (Phi) is 5.07. The van der Waals surface area contributed by atoms with Gasteiger partial charge in [0.2, 0.25) is 0 Å². The van der Waals surface area contributed by atoms with Crippen LogP contribution in [0, 0.1) is 17.6 Å². The van der Waals surface area contributed by atoms with Crippen molar-refractivity contribution in [3.8, 4) is 0 Å². The van der Waals surface area contributed by atoms with E-state index in [1.54, 1.807) is 0 Å². The molecule has 1 fully saturated rings. The quantitative estimate of drug-likeness (QED) is 0.887. The lowest BCUT2D eigenvalue weighted by Gasteiger charge is -2.35. The summed E-state index contributed by atoms with van der Waals surface area (Å²) in [6.45, 7) is 4.47. The Hall–Kier alpha value is -1.04. The van der Waals surface area contributed by atoms with E-state index in [1.807, 2.05) is 0 Å². The van der Waals surface area contributed by atoms with Gasteiger partial charge in [0, 0.05) is 30.8 Å². The fourth-order valence-corrected chi connectivity index (χ4v) is 2.80. The van der Waals surface area contributed by atoms with Crippen LogP contribution in [0.3, 0.4) is 0 Å². The summed E-state index contributed by atoms with van der Waals surface area (Å²) in [5.41, 5.74) is 0.138. The van der Waals surface area contributed by atoms with Crippen molar-refractivity contribution in [1.82, 2.24) is 10.2 Å². The van der Waals surface area contributed by atoms with Crippen LogP contribution >= 0.6 is 0 Å². The van der Waals surface area contributed by atoms with Crippen LogP contribution in [-0.2, 0) is 0 Å². The Morgan fingerprint density at radius 2 is 2.20 bits per heavy atom. The van der Waals surface area contributed by atoms with Gasteiger partial charge in [0.05, 0.1) is 6.10 Å². The highest BCUT2D eigenvalue weighted by Crippen LogP contribution is 2.19. The molecule has 3 nitrogen and oxygen atoms in total. The van der Waals surface area contributed by atoms with Gasteiger partial charge in [-0.3, -0.25) is 0 Å². The molecule has 0 saturated carbocycles. The number of benzene rings is 1. The first kappa shape index (κ1) is 15.4. The van der Waals surface area contributed by atoms with Gasteiger partial charge in [-0.15, -0.1) is 0 Å². The maximum absolute atomic E-state index is 13.6. The minimum Gasteiger partial charge on any atom is -0.387 e. The normalized spacial score (nSPS) is 25.6. The SMILES string of the molecule is CC1CN(C)CCC1NCC(O)c1ccc(F)cc1F. The Labute approximate surface area is 118 Å². The molecular weight excluding hydrogens is 262 g/mol. The molecule has 20 heavy (non-hydrogen) atoms. The summed E-state index contributed by atoms with van der Waals surface area (Å²) < 4.78 is 26.4. The highest BCUT2D eigenvalue weighted by molar-refractivity contribution is 5.21. The second kappa shape index (κ2) is 6.61. The topological polar surface area (TPSA) is 35.5 Å². The summed E-state index contributed by atoms with van der Waals surface area (Å²) in [5, 5.41) is 13.3. The second-order valence-corrected chi connectivity index (χ2v) is 5.72. The summed E-state index contributed by atoms with van der Waals surface area (Å²) in [6, 6.07) is 3.59. The maximum Gasteiger partial charge on any atom is 0.131 e. The summed E-state index contributed by atoms with van der Waals surface area (Å²) in [6.07, 6.45) is 0.0541. The van der Waals surface area contributed by atoms with Crippen molar-refractivity contribution in [3.05, 3.63) is 35.4 Å². The Morgan fingerprint density at radius 3 is 2.85 bits per heavy atom. The van der Waals surface area contributed by atoms with E-state index in [0.717, 1.165) is 25.6 Å². The summed E-state index contributed by atoms with van der Waals surface area (Å²) in [7, 11) is 2.09. The molecule has 0 radical (unpaired) electrons. The molecule has 0 bridgehead atoms. The Balaban J connectivity index is 1.90. The van der Waals surface area contributed by atoms with E-state index in [2.05, 4.69) is 24.2 Å². The number of likely N-dealkylation sites (tertiary alicyclic amines) is 1. The molecular formula is C15H22F2N2O. The standard InChI is InChI=1S/C15H22F2N2O/c1-10-9-19(2)6-5-14(10)18-8-15(20)12-4-3-11(16)7-13(12)17/h3-4,7,10,14-15,18,20H,5-6,8-9H2,1-2H3. The molecule has 1 aliphatic rings. The zero-order chi connectivity index (χ0) is 14.7. The van der Waals surface area contributed by atoms with E-state index in [-0.39, 0.29) is 12.1 Å². The van der Waals surface area contributed by atoms with Crippen LogP contribution in [0.2, 0.25) is 0 Å². The number of aliphatic hydroxyl groups is 1. The number of halogens is 2. The van der Waals surface area contributed by atoms with E-state index in [0.29, 0.717) is 12.0 Å². The van der Waals surface area contributed by atoms with Crippen molar-refractivity contribution >= 4 is 0 Å². The fraction of sp³-hybridized carbons (Fsp3) is 0.600. The number of hydrogen-bond donors (Lipinski definition) is 2. The first-order valence-electron chi connectivity index (χ1n) is 7.02. The third-order valence-corrected chi connectivity index (χ3v) is 4.00. The third kappa shape index (κ3) is 3.75. The molecule has 0 amide bonds. The molecule has 112 valence electrons. The minimum atomic E-state index is -0.956. The van der Waals surface area contributed by atoms with Gasteiger partial charge in [0.15, 0.2) is 0 Å². The minimum absolute atomic E-state index is 0.138. The van der Waals surface area contributed by atoms with Gasteiger partial charge < -0.3 is 15.3 Å². The molecule has 1 aromatic rings. The number of piperidine rings is 1. The van der Waals surface area contributed by atoms with E-state index >= 15 is 0 Å². The molecule has 2 rings (SSSR count). The highest BCUT2D eigenvalue weighted by atomic mass is 19.1. The lowest BCUT2D eigenvalue weighted by Crippen LogP contribution is -2.47. The monoisotopic (exact) mass is 284 g/mol. The molecule has 1 aromatic carbocycles. The lowest BCUT2D eigenvalue weighted by atomic mass is 9.94. The molecule has 1 aliphatic heterocycles. The molecule has 0 aromatic heterocycles. The number of aliphatic hydroxyl groups excluding tert-OH is 1. The molecule has 0 aliphatic carbocycles. The van der Waals surface area contributed by atoms with Crippen molar-refractivity contribution in [2.45, 2.75) is 25.5 Å². The van der Waals surface area contributed by atoms with Crippen LogP contribution in [0.1, 0.15) is 25.0 Å². The predicted molar refractivity (Wildman–Crippen MR) is 74.4 cm³/mol. The zero-order valence-electron chi connectivity index (χ0n) is 11.9. The van der Waals surface area contributed by atoms with Gasteiger partial charge in [-0.1, -0.05) is 13.0 Å². The second-order valence-electron chi connectivity index (χ2n) is 5.72. The van der Waals surface area contributed by atoms with Gasteiger partial charge in [-0.2, -0.15) is 0 Å². The van der Waals surface area contributed by atoms with E-state index in [1.165, 1.54) is 12.1 Å². The molecule has 5 heteroatoms. The maximum atomic E-state index is 13.6. The van der Waals surface area contributed by atoms with Crippen LogP contribution in [0.5, 0.6) is 0 Å². The van der Waals surface area contributed by atoms with Crippen LogP contribution in [0.25, 0.3) is 0 Å². The van der Waals surface area contributed by atoms with Crippen molar-refractivity contribution in [1.29, 1.82) is 0 Å². The predicted octanol–water partition coefficient (Wildman–Crippen LogP) is 1.93. The van der Waals surface area contributed by atoms with Crippen molar-refractivity contribution in [2.75, 3.05) is 26.7 Å². The van der Waals surface area contributed by atoms with Crippen LogP contribution in [-0.4, -0.2) is 42.7 Å². The van der Waals surface area contributed by atoms with Gasteiger partial charge in [0.25, 0.3) is 0 Å². The first-order chi connectivity index (χ1) is 9.47. The van der Waals surface area contributed by atoms with Gasteiger partial charge in [-0.05, 0) is 32.0 Å². The van der Waals surface area contributed by atoms with Crippen molar-refractivity contribution < 1.29 is 13.9 Å². The zero-order valence-corrected chi connectivity index (χ0v) is 11.9. The molecule has 3 unspecified atom stereocenters. The van der Waals surface area contributed by atoms with E-state index < -0.39 is 17.7 Å². The van der Waals surface area contributed by atoms with E-state index in [9.17, 15) is 13.9 Å². The van der Waals surface area contributed by atoms with Gasteiger partial charge in [0.1, 0.15) is 11.6 Å². The van der Waals surface area contributed by atoms with Crippen molar-refractivity contribution in [2.24, 2.45) is 5.92 Å². The average molecular weight is 284 g/mol.